The molecule has 1 aliphatic heterocycles. The Labute approximate surface area is 204 Å². The third-order valence-electron chi connectivity index (χ3n) is 6.13. The van der Waals surface area contributed by atoms with E-state index in [0.717, 1.165) is 48.2 Å². The van der Waals surface area contributed by atoms with Crippen molar-refractivity contribution in [2.24, 2.45) is 0 Å². The molecular formula is C26H28N8O. The fourth-order valence-electron chi connectivity index (χ4n) is 4.18. The van der Waals surface area contributed by atoms with Crippen molar-refractivity contribution in [2.45, 2.75) is 39.7 Å². The molecule has 0 bridgehead atoms. The lowest BCUT2D eigenvalue weighted by molar-refractivity contribution is 0.0743. The van der Waals surface area contributed by atoms with Gasteiger partial charge in [-0.15, -0.1) is 10.2 Å². The number of nitrogens with zero attached hydrogens (tertiary/aromatic N) is 7. The van der Waals surface area contributed by atoms with Gasteiger partial charge in [0.2, 0.25) is 0 Å². The number of hydrogen-bond acceptors (Lipinski definition) is 7. The third kappa shape index (κ3) is 5.25. The normalized spacial score (nSPS) is 14.1. The van der Waals surface area contributed by atoms with Gasteiger partial charge < -0.3 is 0 Å². The van der Waals surface area contributed by atoms with Crippen molar-refractivity contribution < 1.29 is 4.79 Å². The predicted octanol–water partition coefficient (Wildman–Crippen LogP) is 3.59. The smallest absolute Gasteiger partial charge is 0.283 e. The summed E-state index contributed by atoms with van der Waals surface area (Å²) in [6.07, 6.45) is 4.66. The number of benzene rings is 2. The second-order valence-electron chi connectivity index (χ2n) is 8.90. The molecule has 4 aromatic rings. The highest BCUT2D eigenvalue weighted by atomic mass is 16.2. The maximum atomic E-state index is 13.5. The van der Waals surface area contributed by atoms with Gasteiger partial charge in [-0.25, -0.2) is 15.0 Å². The SMILES string of the molecule is Cc1ccc(-c2nc(Cn3ncnn3)c(C(=O)NN3CCCCC3)nc2-c2ccc(C)cc2)cc1. The van der Waals surface area contributed by atoms with Crippen LogP contribution in [0.2, 0.25) is 0 Å². The standard InChI is InChI=1S/C26H28N8O/c1-18-6-10-20(11-7-18)23-24(21-12-8-19(2)9-13-21)30-25(22(29-23)16-34-28-17-27-32-34)26(35)31-33-14-4-3-5-15-33/h6-13,17H,3-5,14-16H2,1-2H3,(H,31,35). The first-order valence-electron chi connectivity index (χ1n) is 11.9. The van der Waals surface area contributed by atoms with E-state index in [1.807, 2.05) is 67.4 Å². The minimum absolute atomic E-state index is 0.183. The number of carbonyl (C=O) groups is 1. The van der Waals surface area contributed by atoms with Gasteiger partial charge in [0, 0.05) is 24.2 Å². The maximum absolute atomic E-state index is 13.5. The first-order chi connectivity index (χ1) is 17.1. The Hall–Kier alpha value is -3.98. The number of hydrogen-bond donors (Lipinski definition) is 1. The van der Waals surface area contributed by atoms with Crippen LogP contribution < -0.4 is 5.43 Å². The van der Waals surface area contributed by atoms with Gasteiger partial charge in [-0.1, -0.05) is 66.1 Å². The fraction of sp³-hybridized carbons (Fsp3) is 0.308. The molecule has 0 aliphatic carbocycles. The van der Waals surface area contributed by atoms with Gasteiger partial charge in [0.15, 0.2) is 12.0 Å². The molecule has 1 saturated heterocycles. The molecule has 2 aromatic carbocycles. The largest absolute Gasteiger partial charge is 0.286 e. The molecule has 1 N–H and O–H groups in total. The van der Waals surface area contributed by atoms with Crippen molar-refractivity contribution in [3.8, 4) is 22.5 Å². The molecule has 0 unspecified atom stereocenters. The minimum atomic E-state index is -0.279. The average Bonchev–Trinajstić information content (AvgIpc) is 3.39. The van der Waals surface area contributed by atoms with Crippen molar-refractivity contribution in [2.75, 3.05) is 13.1 Å². The molecule has 9 heteroatoms. The topological polar surface area (TPSA) is 102 Å². The lowest BCUT2D eigenvalue weighted by Gasteiger charge is -2.27. The summed E-state index contributed by atoms with van der Waals surface area (Å²) in [6.45, 7) is 5.92. The number of carbonyl (C=O) groups excluding carboxylic acids is 1. The molecule has 1 aliphatic rings. The van der Waals surface area contributed by atoms with Crippen LogP contribution in [-0.4, -0.2) is 54.2 Å². The molecule has 2 aromatic heterocycles. The van der Waals surface area contributed by atoms with Gasteiger partial charge in [-0.2, -0.15) is 4.80 Å². The van der Waals surface area contributed by atoms with E-state index < -0.39 is 0 Å². The van der Waals surface area contributed by atoms with Crippen LogP contribution in [0.3, 0.4) is 0 Å². The van der Waals surface area contributed by atoms with Gasteiger partial charge in [0.25, 0.3) is 5.91 Å². The van der Waals surface area contributed by atoms with Crippen LogP contribution >= 0.6 is 0 Å². The lowest BCUT2D eigenvalue weighted by atomic mass is 10.0. The number of amides is 1. The second-order valence-corrected chi connectivity index (χ2v) is 8.90. The van der Waals surface area contributed by atoms with Gasteiger partial charge in [-0.05, 0) is 31.9 Å². The number of tetrazole rings is 1. The summed E-state index contributed by atoms with van der Waals surface area (Å²) >= 11 is 0. The number of aryl methyl sites for hydroxylation is 2. The molecule has 1 fully saturated rings. The number of nitrogens with one attached hydrogen (secondary N) is 1. The molecule has 0 atom stereocenters. The summed E-state index contributed by atoms with van der Waals surface area (Å²) in [5.74, 6) is -0.279. The molecule has 9 nitrogen and oxygen atoms in total. The van der Waals surface area contributed by atoms with Crippen molar-refractivity contribution in [3.05, 3.63) is 77.4 Å². The quantitative estimate of drug-likeness (QED) is 0.461. The van der Waals surface area contributed by atoms with E-state index in [-0.39, 0.29) is 18.1 Å². The number of hydrazine groups is 1. The molecule has 1 amide bonds. The Bertz CT molecular complexity index is 1290. The molecule has 178 valence electrons. The van der Waals surface area contributed by atoms with Crippen molar-refractivity contribution >= 4 is 5.91 Å². The Balaban J connectivity index is 1.64. The second kappa shape index (κ2) is 10.1. The zero-order chi connectivity index (χ0) is 24.2. The third-order valence-corrected chi connectivity index (χ3v) is 6.13. The van der Waals surface area contributed by atoms with E-state index in [1.165, 1.54) is 17.5 Å². The average molecular weight is 469 g/mol. The van der Waals surface area contributed by atoms with E-state index in [9.17, 15) is 4.79 Å². The van der Waals surface area contributed by atoms with Crippen molar-refractivity contribution in [1.29, 1.82) is 0 Å². The first-order valence-corrected chi connectivity index (χ1v) is 11.9. The van der Waals surface area contributed by atoms with Crippen molar-refractivity contribution in [3.63, 3.8) is 0 Å². The maximum Gasteiger partial charge on any atom is 0.286 e. The monoisotopic (exact) mass is 468 g/mol. The molecule has 0 radical (unpaired) electrons. The number of rotatable bonds is 6. The van der Waals surface area contributed by atoms with E-state index in [4.69, 9.17) is 9.97 Å². The highest BCUT2D eigenvalue weighted by Gasteiger charge is 2.24. The molecule has 0 spiro atoms. The molecular weight excluding hydrogens is 440 g/mol. The van der Waals surface area contributed by atoms with Gasteiger partial charge in [0.1, 0.15) is 6.54 Å². The summed E-state index contributed by atoms with van der Waals surface area (Å²) in [6, 6.07) is 16.3. The first kappa shape index (κ1) is 22.8. The Morgan fingerprint density at radius 2 is 1.46 bits per heavy atom. The summed E-state index contributed by atoms with van der Waals surface area (Å²) in [5.41, 5.74) is 9.28. The predicted molar refractivity (Wildman–Crippen MR) is 132 cm³/mol. The van der Waals surface area contributed by atoms with E-state index >= 15 is 0 Å². The molecule has 0 saturated carbocycles. The van der Waals surface area contributed by atoms with E-state index in [1.54, 1.807) is 0 Å². The lowest BCUT2D eigenvalue weighted by Crippen LogP contribution is -2.45. The van der Waals surface area contributed by atoms with Gasteiger partial charge in [-0.3, -0.25) is 10.2 Å². The van der Waals surface area contributed by atoms with Crippen molar-refractivity contribution in [1.82, 2.24) is 40.6 Å². The molecule has 35 heavy (non-hydrogen) atoms. The Kier molecular flexibility index (Phi) is 6.58. The zero-order valence-electron chi connectivity index (χ0n) is 20.0. The van der Waals surface area contributed by atoms with Gasteiger partial charge >= 0.3 is 0 Å². The Morgan fingerprint density at radius 1 is 0.857 bits per heavy atom. The molecule has 5 rings (SSSR count). The molecule has 3 heterocycles. The van der Waals surface area contributed by atoms with Crippen LogP contribution in [0.25, 0.3) is 22.5 Å². The van der Waals surface area contributed by atoms with E-state index in [0.29, 0.717) is 17.1 Å². The summed E-state index contributed by atoms with van der Waals surface area (Å²) in [4.78, 5) is 24.8. The zero-order valence-corrected chi connectivity index (χ0v) is 20.0. The van der Waals surface area contributed by atoms with Crippen LogP contribution in [0.4, 0.5) is 0 Å². The summed E-state index contributed by atoms with van der Waals surface area (Å²) in [5, 5.41) is 13.9. The van der Waals surface area contributed by atoms with Crippen LogP contribution in [0.1, 0.15) is 46.6 Å². The van der Waals surface area contributed by atoms with Crippen LogP contribution in [0.5, 0.6) is 0 Å². The Morgan fingerprint density at radius 3 is 2.03 bits per heavy atom. The number of aromatic nitrogens is 6. The van der Waals surface area contributed by atoms with Gasteiger partial charge in [0.05, 0.1) is 17.1 Å². The fourth-order valence-corrected chi connectivity index (χ4v) is 4.18. The summed E-state index contributed by atoms with van der Waals surface area (Å²) in [7, 11) is 0. The summed E-state index contributed by atoms with van der Waals surface area (Å²) < 4.78 is 0. The van der Waals surface area contributed by atoms with E-state index in [2.05, 4.69) is 20.8 Å². The highest BCUT2D eigenvalue weighted by molar-refractivity contribution is 5.94. The highest BCUT2D eigenvalue weighted by Crippen LogP contribution is 2.31. The van der Waals surface area contributed by atoms with Crippen LogP contribution in [-0.2, 0) is 6.54 Å². The minimum Gasteiger partial charge on any atom is -0.283 e. The van der Waals surface area contributed by atoms with Crippen LogP contribution in [0.15, 0.2) is 54.9 Å². The van der Waals surface area contributed by atoms with Crippen LogP contribution in [0, 0.1) is 13.8 Å². The number of piperidine rings is 1.